The second kappa shape index (κ2) is 7.07. The van der Waals surface area contributed by atoms with E-state index in [1.54, 1.807) is 6.20 Å². The predicted octanol–water partition coefficient (Wildman–Crippen LogP) is 2.09. The largest absolute Gasteiger partial charge is 0.352 e. The number of aromatic nitrogens is 2. The molecule has 1 amide bonds. The minimum Gasteiger partial charge on any atom is -0.352 e. The maximum Gasteiger partial charge on any atom is 0.237 e. The molecule has 0 saturated carbocycles. The summed E-state index contributed by atoms with van der Waals surface area (Å²) in [6.07, 6.45) is 3.67. The van der Waals surface area contributed by atoms with Crippen molar-refractivity contribution in [1.82, 2.24) is 20.2 Å². The maximum atomic E-state index is 12.5. The van der Waals surface area contributed by atoms with Crippen LogP contribution in [0.4, 0.5) is 0 Å². The number of carbonyl (C=O) groups is 1. The fourth-order valence-corrected chi connectivity index (χ4v) is 1.92. The van der Waals surface area contributed by atoms with Gasteiger partial charge in [0.25, 0.3) is 0 Å². The van der Waals surface area contributed by atoms with Crippen LogP contribution in [-0.2, 0) is 18.4 Å². The third-order valence-corrected chi connectivity index (χ3v) is 4.01. The summed E-state index contributed by atoms with van der Waals surface area (Å²) in [5.74, 6) is 1.20. The molecule has 0 aliphatic rings. The van der Waals surface area contributed by atoms with Crippen molar-refractivity contribution >= 4 is 5.91 Å². The number of imidazole rings is 1. The second-order valence-electron chi connectivity index (χ2n) is 7.15. The predicted molar refractivity (Wildman–Crippen MR) is 85.7 cm³/mol. The zero-order chi connectivity index (χ0) is 16.2. The molecule has 1 rings (SSSR count). The summed E-state index contributed by atoms with van der Waals surface area (Å²) >= 11 is 0. The number of hydrogen-bond donors (Lipinski definition) is 2. The summed E-state index contributed by atoms with van der Waals surface area (Å²) < 4.78 is 1.96. The van der Waals surface area contributed by atoms with E-state index in [0.717, 1.165) is 5.82 Å². The molecule has 0 spiro atoms. The van der Waals surface area contributed by atoms with Gasteiger partial charge in [0.1, 0.15) is 5.82 Å². The molecule has 5 heteroatoms. The highest BCUT2D eigenvalue weighted by Crippen LogP contribution is 2.19. The van der Waals surface area contributed by atoms with Gasteiger partial charge >= 0.3 is 0 Å². The third-order valence-electron chi connectivity index (χ3n) is 4.01. The molecule has 0 fully saturated rings. The Kier molecular flexibility index (Phi) is 5.96. The topological polar surface area (TPSA) is 59.0 Å². The van der Waals surface area contributed by atoms with Crippen molar-refractivity contribution < 1.29 is 4.79 Å². The summed E-state index contributed by atoms with van der Waals surface area (Å²) in [6.45, 7) is 13.1. The van der Waals surface area contributed by atoms with Gasteiger partial charge in [-0.2, -0.15) is 0 Å². The first-order valence-corrected chi connectivity index (χ1v) is 7.63. The Balaban J connectivity index is 2.65. The minimum atomic E-state index is -0.216. The van der Waals surface area contributed by atoms with Crippen LogP contribution in [0.15, 0.2) is 12.4 Å². The van der Waals surface area contributed by atoms with E-state index < -0.39 is 0 Å². The van der Waals surface area contributed by atoms with Gasteiger partial charge in [-0.05, 0) is 18.3 Å². The molecule has 2 atom stereocenters. The molecule has 1 heterocycles. The molecule has 0 saturated heterocycles. The standard InChI is InChI=1S/C16H30N4O/c1-11(2)14(15(21)19-12(3)16(4,5)6)18-10-13-17-8-9-20(13)7/h8-9,11-12,14,18H,10H2,1-7H3,(H,19,21)/t12-,14?/m1/s1. The van der Waals surface area contributed by atoms with Gasteiger partial charge in [0.2, 0.25) is 5.91 Å². The molecule has 0 radical (unpaired) electrons. The van der Waals surface area contributed by atoms with Gasteiger partial charge in [-0.1, -0.05) is 34.6 Å². The first kappa shape index (κ1) is 17.7. The lowest BCUT2D eigenvalue weighted by Crippen LogP contribution is -2.52. The Morgan fingerprint density at radius 1 is 1.33 bits per heavy atom. The summed E-state index contributed by atoms with van der Waals surface area (Å²) in [5.41, 5.74) is 0.0524. The van der Waals surface area contributed by atoms with E-state index in [9.17, 15) is 4.79 Å². The van der Waals surface area contributed by atoms with Crippen LogP contribution in [0.25, 0.3) is 0 Å². The lowest BCUT2D eigenvalue weighted by molar-refractivity contribution is -0.125. The summed E-state index contributed by atoms with van der Waals surface area (Å²) in [4.78, 5) is 16.8. The highest BCUT2D eigenvalue weighted by molar-refractivity contribution is 5.82. The van der Waals surface area contributed by atoms with E-state index in [1.165, 1.54) is 0 Å². The van der Waals surface area contributed by atoms with Gasteiger partial charge in [-0.15, -0.1) is 0 Å². The van der Waals surface area contributed by atoms with Gasteiger partial charge in [-0.3, -0.25) is 10.1 Å². The Bertz CT molecular complexity index is 459. The molecule has 5 nitrogen and oxygen atoms in total. The van der Waals surface area contributed by atoms with Gasteiger partial charge in [0, 0.05) is 25.5 Å². The smallest absolute Gasteiger partial charge is 0.237 e. The van der Waals surface area contributed by atoms with E-state index in [4.69, 9.17) is 0 Å². The average Bonchev–Trinajstić information content (AvgIpc) is 2.73. The molecule has 0 aromatic carbocycles. The molecule has 0 bridgehead atoms. The van der Waals surface area contributed by atoms with Crippen molar-refractivity contribution in [3.63, 3.8) is 0 Å². The molecule has 0 aliphatic heterocycles. The number of nitrogens with one attached hydrogen (secondary N) is 2. The van der Waals surface area contributed by atoms with Crippen LogP contribution in [0.2, 0.25) is 0 Å². The maximum absolute atomic E-state index is 12.5. The van der Waals surface area contributed by atoms with Crippen molar-refractivity contribution in [2.45, 2.75) is 60.2 Å². The van der Waals surface area contributed by atoms with Crippen molar-refractivity contribution in [3.05, 3.63) is 18.2 Å². The highest BCUT2D eigenvalue weighted by atomic mass is 16.2. The van der Waals surface area contributed by atoms with E-state index >= 15 is 0 Å². The van der Waals surface area contributed by atoms with Crippen LogP contribution < -0.4 is 10.6 Å². The van der Waals surface area contributed by atoms with Gasteiger partial charge in [-0.25, -0.2) is 4.98 Å². The molecule has 0 aliphatic carbocycles. The number of rotatable bonds is 6. The Hall–Kier alpha value is -1.36. The van der Waals surface area contributed by atoms with Gasteiger partial charge in [0.15, 0.2) is 0 Å². The van der Waals surface area contributed by atoms with Crippen LogP contribution in [0, 0.1) is 11.3 Å². The first-order valence-electron chi connectivity index (χ1n) is 7.63. The van der Waals surface area contributed by atoms with Crippen LogP contribution in [0.1, 0.15) is 47.4 Å². The summed E-state index contributed by atoms with van der Waals surface area (Å²) in [7, 11) is 1.95. The van der Waals surface area contributed by atoms with Gasteiger partial charge in [0.05, 0.1) is 12.6 Å². The summed E-state index contributed by atoms with van der Waals surface area (Å²) in [6, 6.07) is -0.0901. The van der Waals surface area contributed by atoms with Crippen molar-refractivity contribution in [1.29, 1.82) is 0 Å². The Morgan fingerprint density at radius 3 is 2.38 bits per heavy atom. The first-order chi connectivity index (χ1) is 9.62. The normalized spacial score (nSPS) is 15.0. The zero-order valence-electron chi connectivity index (χ0n) is 14.4. The van der Waals surface area contributed by atoms with Crippen LogP contribution in [0.3, 0.4) is 0 Å². The van der Waals surface area contributed by atoms with E-state index in [-0.39, 0.29) is 29.3 Å². The number of aryl methyl sites for hydroxylation is 1. The second-order valence-corrected chi connectivity index (χ2v) is 7.15. The lowest BCUT2D eigenvalue weighted by atomic mass is 9.87. The average molecular weight is 294 g/mol. The molecule has 21 heavy (non-hydrogen) atoms. The molecular formula is C16H30N4O. The van der Waals surface area contributed by atoms with Crippen LogP contribution in [0.5, 0.6) is 0 Å². The van der Waals surface area contributed by atoms with Crippen molar-refractivity contribution in [2.24, 2.45) is 18.4 Å². The fraction of sp³-hybridized carbons (Fsp3) is 0.750. The lowest BCUT2D eigenvalue weighted by Gasteiger charge is -2.31. The van der Waals surface area contributed by atoms with E-state index in [1.807, 2.05) is 24.7 Å². The van der Waals surface area contributed by atoms with Crippen LogP contribution >= 0.6 is 0 Å². The molecule has 120 valence electrons. The Morgan fingerprint density at radius 2 is 1.95 bits per heavy atom. The Labute approximate surface area is 128 Å². The highest BCUT2D eigenvalue weighted by Gasteiger charge is 2.27. The zero-order valence-corrected chi connectivity index (χ0v) is 14.4. The molecule has 1 unspecified atom stereocenters. The molecule has 1 aromatic rings. The number of carbonyl (C=O) groups excluding carboxylic acids is 1. The third kappa shape index (κ3) is 5.16. The molecular weight excluding hydrogens is 264 g/mol. The fourth-order valence-electron chi connectivity index (χ4n) is 1.92. The summed E-state index contributed by atoms with van der Waals surface area (Å²) in [5, 5.41) is 6.44. The monoisotopic (exact) mass is 294 g/mol. The van der Waals surface area contributed by atoms with Crippen LogP contribution in [-0.4, -0.2) is 27.5 Å². The number of nitrogens with zero attached hydrogens (tertiary/aromatic N) is 2. The van der Waals surface area contributed by atoms with Gasteiger partial charge < -0.3 is 9.88 Å². The minimum absolute atomic E-state index is 0.0524. The van der Waals surface area contributed by atoms with Crippen molar-refractivity contribution in [3.8, 4) is 0 Å². The molecule has 2 N–H and O–H groups in total. The quantitative estimate of drug-likeness (QED) is 0.844. The van der Waals surface area contributed by atoms with Crippen molar-refractivity contribution in [2.75, 3.05) is 0 Å². The SMILES string of the molecule is CC(C)C(NCc1nccn1C)C(=O)N[C@H](C)C(C)(C)C. The van der Waals surface area contributed by atoms with E-state index in [0.29, 0.717) is 6.54 Å². The number of hydrogen-bond acceptors (Lipinski definition) is 3. The van der Waals surface area contributed by atoms with E-state index in [2.05, 4.69) is 50.2 Å². The number of amides is 1. The molecule has 1 aromatic heterocycles.